The smallest absolute Gasteiger partial charge is 0.410 e. The van der Waals surface area contributed by atoms with Crippen LogP contribution in [0.4, 0.5) is 4.79 Å². The van der Waals surface area contributed by atoms with E-state index in [1.807, 2.05) is 37.6 Å². The molecule has 1 aliphatic heterocycles. The van der Waals surface area contributed by atoms with Gasteiger partial charge in [0.25, 0.3) is 0 Å². The molecule has 0 saturated carbocycles. The van der Waals surface area contributed by atoms with Crippen LogP contribution in [0.3, 0.4) is 0 Å². The molecule has 3 heterocycles. The summed E-state index contributed by atoms with van der Waals surface area (Å²) in [6, 6.07) is 3.57. The van der Waals surface area contributed by atoms with E-state index in [2.05, 4.69) is 4.98 Å². The molecule has 122 valence electrons. The number of pyridine rings is 1. The molecule has 0 atom stereocenters. The van der Waals surface area contributed by atoms with E-state index < -0.39 is 11.6 Å². The van der Waals surface area contributed by atoms with Gasteiger partial charge in [0.1, 0.15) is 11.2 Å². The molecule has 0 bridgehead atoms. The van der Waals surface area contributed by atoms with Gasteiger partial charge in [-0.05, 0) is 32.9 Å². The van der Waals surface area contributed by atoms with Crippen molar-refractivity contribution in [3.63, 3.8) is 0 Å². The molecule has 0 radical (unpaired) electrons. The zero-order valence-electron chi connectivity index (χ0n) is 13.3. The van der Waals surface area contributed by atoms with Gasteiger partial charge in [0.05, 0.1) is 11.6 Å². The second kappa shape index (κ2) is 5.26. The maximum atomic E-state index is 12.0. The van der Waals surface area contributed by atoms with Gasteiger partial charge in [-0.1, -0.05) is 0 Å². The average Bonchev–Trinajstić information content (AvgIpc) is 2.78. The average molecular weight is 317 g/mol. The summed E-state index contributed by atoms with van der Waals surface area (Å²) in [5, 5.41) is 9.78. The summed E-state index contributed by atoms with van der Waals surface area (Å²) in [7, 11) is 0. The number of amides is 1. The number of likely N-dealkylation sites (tertiary alicyclic amines) is 1. The molecule has 2 aromatic rings. The first-order valence-electron chi connectivity index (χ1n) is 7.42. The van der Waals surface area contributed by atoms with E-state index in [9.17, 15) is 9.59 Å². The Kier molecular flexibility index (Phi) is 3.50. The number of fused-ring (bicyclic) bond motifs is 1. The van der Waals surface area contributed by atoms with Crippen LogP contribution in [-0.4, -0.2) is 50.3 Å². The van der Waals surface area contributed by atoms with Gasteiger partial charge >= 0.3 is 12.1 Å². The van der Waals surface area contributed by atoms with E-state index >= 15 is 0 Å². The monoisotopic (exact) mass is 317 g/mol. The van der Waals surface area contributed by atoms with E-state index in [1.165, 1.54) is 6.20 Å². The Balaban J connectivity index is 1.72. The molecule has 7 nitrogen and oxygen atoms in total. The third-order valence-corrected chi connectivity index (χ3v) is 3.71. The third-order valence-electron chi connectivity index (χ3n) is 3.71. The van der Waals surface area contributed by atoms with Gasteiger partial charge in [-0.15, -0.1) is 0 Å². The highest BCUT2D eigenvalue weighted by Gasteiger charge is 2.35. The number of aromatic nitrogens is 2. The normalized spacial score (nSPS) is 15.5. The number of ether oxygens (including phenoxy) is 1. The van der Waals surface area contributed by atoms with Crippen molar-refractivity contribution in [2.24, 2.45) is 0 Å². The molecule has 1 saturated heterocycles. The van der Waals surface area contributed by atoms with Crippen molar-refractivity contribution >= 4 is 23.1 Å². The Morgan fingerprint density at radius 2 is 2.04 bits per heavy atom. The summed E-state index contributed by atoms with van der Waals surface area (Å²) in [4.78, 5) is 28.8. The lowest BCUT2D eigenvalue weighted by molar-refractivity contribution is 0.00150. The lowest BCUT2D eigenvalue weighted by Gasteiger charge is -2.40. The van der Waals surface area contributed by atoms with Crippen LogP contribution in [0.2, 0.25) is 0 Å². The fourth-order valence-electron chi connectivity index (χ4n) is 2.56. The molecular formula is C16H19N3O4. The minimum atomic E-state index is -0.994. The summed E-state index contributed by atoms with van der Waals surface area (Å²) >= 11 is 0. The maximum absolute atomic E-state index is 12.0. The topological polar surface area (TPSA) is 84.7 Å². The van der Waals surface area contributed by atoms with Gasteiger partial charge in [0.2, 0.25) is 0 Å². The minimum Gasteiger partial charge on any atom is -0.478 e. The van der Waals surface area contributed by atoms with Gasteiger partial charge in [0, 0.05) is 30.9 Å². The van der Waals surface area contributed by atoms with Crippen LogP contribution in [0.15, 0.2) is 24.5 Å². The van der Waals surface area contributed by atoms with Crippen LogP contribution in [-0.2, 0) is 4.74 Å². The summed E-state index contributed by atoms with van der Waals surface area (Å²) in [6.45, 7) is 6.63. The molecule has 1 aliphatic rings. The van der Waals surface area contributed by atoms with E-state index in [-0.39, 0.29) is 17.7 Å². The number of hydrogen-bond acceptors (Lipinski definition) is 4. The Hall–Kier alpha value is -2.57. The van der Waals surface area contributed by atoms with Gasteiger partial charge < -0.3 is 19.3 Å². The van der Waals surface area contributed by atoms with Gasteiger partial charge in [-0.3, -0.25) is 0 Å². The van der Waals surface area contributed by atoms with Crippen LogP contribution in [0.1, 0.15) is 37.2 Å². The molecule has 7 heteroatoms. The molecule has 0 unspecified atom stereocenters. The molecule has 0 spiro atoms. The standard InChI is InChI=1S/C16H19N3O4/c1-16(2,3)23-15(22)18-8-12(9-18)19-5-4-10-6-11(14(20)21)7-17-13(10)19/h4-7,12H,8-9H2,1-3H3,(H,20,21). The quantitative estimate of drug-likeness (QED) is 0.920. The summed E-state index contributed by atoms with van der Waals surface area (Å²) in [5.41, 5.74) is 0.389. The number of rotatable bonds is 2. The largest absolute Gasteiger partial charge is 0.478 e. The van der Waals surface area contributed by atoms with E-state index in [1.54, 1.807) is 11.0 Å². The van der Waals surface area contributed by atoms with Crippen molar-refractivity contribution in [3.05, 3.63) is 30.1 Å². The molecule has 1 N–H and O–H groups in total. The molecule has 23 heavy (non-hydrogen) atoms. The van der Waals surface area contributed by atoms with E-state index in [4.69, 9.17) is 9.84 Å². The molecule has 0 aromatic carbocycles. The minimum absolute atomic E-state index is 0.128. The number of carbonyl (C=O) groups excluding carboxylic acids is 1. The maximum Gasteiger partial charge on any atom is 0.410 e. The highest BCUT2D eigenvalue weighted by molar-refractivity contribution is 5.91. The van der Waals surface area contributed by atoms with Gasteiger partial charge in [-0.25, -0.2) is 14.6 Å². The number of carboxylic acids is 1. The number of hydrogen-bond donors (Lipinski definition) is 1. The van der Waals surface area contributed by atoms with E-state index in [0.717, 1.165) is 11.0 Å². The Morgan fingerprint density at radius 1 is 1.35 bits per heavy atom. The van der Waals surface area contributed by atoms with Crippen LogP contribution in [0.25, 0.3) is 11.0 Å². The fourth-order valence-corrected chi connectivity index (χ4v) is 2.56. The van der Waals surface area contributed by atoms with Crippen molar-refractivity contribution < 1.29 is 19.4 Å². The number of aromatic carboxylic acids is 1. The third kappa shape index (κ3) is 2.99. The SMILES string of the molecule is CC(C)(C)OC(=O)N1CC(n2ccc3cc(C(=O)O)cnc32)C1. The van der Waals surface area contributed by atoms with Crippen molar-refractivity contribution in [1.82, 2.24) is 14.5 Å². The summed E-state index contributed by atoms with van der Waals surface area (Å²) < 4.78 is 7.31. The first-order valence-corrected chi connectivity index (χ1v) is 7.42. The second-order valence-corrected chi connectivity index (χ2v) is 6.70. The van der Waals surface area contributed by atoms with Gasteiger partial charge in [-0.2, -0.15) is 0 Å². The van der Waals surface area contributed by atoms with Crippen LogP contribution >= 0.6 is 0 Å². The van der Waals surface area contributed by atoms with Crippen LogP contribution in [0.5, 0.6) is 0 Å². The van der Waals surface area contributed by atoms with Crippen molar-refractivity contribution in [1.29, 1.82) is 0 Å². The van der Waals surface area contributed by atoms with Crippen molar-refractivity contribution in [3.8, 4) is 0 Å². The molecule has 1 amide bonds. The second-order valence-electron chi connectivity index (χ2n) is 6.70. The summed E-state index contributed by atoms with van der Waals surface area (Å²) in [5.74, 6) is -0.994. The first-order chi connectivity index (χ1) is 10.7. The lowest BCUT2D eigenvalue weighted by Crippen LogP contribution is -2.52. The van der Waals surface area contributed by atoms with Crippen LogP contribution < -0.4 is 0 Å². The Morgan fingerprint density at radius 3 is 2.65 bits per heavy atom. The zero-order chi connectivity index (χ0) is 16.8. The molecular weight excluding hydrogens is 298 g/mol. The van der Waals surface area contributed by atoms with Crippen LogP contribution in [0, 0.1) is 0 Å². The van der Waals surface area contributed by atoms with Crippen molar-refractivity contribution in [2.45, 2.75) is 32.4 Å². The van der Waals surface area contributed by atoms with Gasteiger partial charge in [0.15, 0.2) is 0 Å². The number of carboxylic acid groups (broad SMARTS) is 1. The number of carbonyl (C=O) groups is 2. The Labute approximate surface area is 133 Å². The first kappa shape index (κ1) is 15.3. The highest BCUT2D eigenvalue weighted by atomic mass is 16.6. The fraction of sp³-hybridized carbons (Fsp3) is 0.438. The van der Waals surface area contributed by atoms with E-state index in [0.29, 0.717) is 13.1 Å². The molecule has 2 aromatic heterocycles. The highest BCUT2D eigenvalue weighted by Crippen LogP contribution is 2.27. The predicted molar refractivity (Wildman–Crippen MR) is 83.5 cm³/mol. The molecule has 1 fully saturated rings. The van der Waals surface area contributed by atoms with Crippen molar-refractivity contribution in [2.75, 3.05) is 13.1 Å². The molecule has 3 rings (SSSR count). The summed E-state index contributed by atoms with van der Waals surface area (Å²) in [6.07, 6.45) is 2.91. The number of nitrogens with zero attached hydrogens (tertiary/aromatic N) is 3. The predicted octanol–water partition coefficient (Wildman–Crippen LogP) is 2.53. The molecule has 0 aliphatic carbocycles. The lowest BCUT2D eigenvalue weighted by atomic mass is 10.1. The zero-order valence-corrected chi connectivity index (χ0v) is 13.3. The Bertz CT molecular complexity index is 769.